The Morgan fingerprint density at radius 2 is 1.95 bits per heavy atom. The summed E-state index contributed by atoms with van der Waals surface area (Å²) in [5, 5.41) is 12.3. The van der Waals surface area contributed by atoms with E-state index >= 15 is 0 Å². The Morgan fingerprint density at radius 1 is 1.24 bits per heavy atom. The number of carboxylic acids is 1. The van der Waals surface area contributed by atoms with Crippen LogP contribution in [0.15, 0.2) is 40.9 Å². The molecule has 0 amide bonds. The fourth-order valence-electron chi connectivity index (χ4n) is 2.06. The molecule has 0 aliphatic carbocycles. The number of anilines is 1. The normalized spacial score (nSPS) is 12.0. The van der Waals surface area contributed by atoms with Crippen molar-refractivity contribution in [2.75, 3.05) is 5.32 Å². The molecular formula is C16H15BrFNO2. The van der Waals surface area contributed by atoms with Crippen molar-refractivity contribution in [3.8, 4) is 0 Å². The molecule has 21 heavy (non-hydrogen) atoms. The fraction of sp³-hybridized carbons (Fsp3) is 0.188. The molecule has 0 heterocycles. The quantitative estimate of drug-likeness (QED) is 0.855. The molecule has 5 heteroatoms. The van der Waals surface area contributed by atoms with Crippen molar-refractivity contribution in [1.29, 1.82) is 0 Å². The predicted molar refractivity (Wildman–Crippen MR) is 84.0 cm³/mol. The van der Waals surface area contributed by atoms with Crippen molar-refractivity contribution < 1.29 is 14.3 Å². The van der Waals surface area contributed by atoms with Gasteiger partial charge in [-0.05, 0) is 54.8 Å². The van der Waals surface area contributed by atoms with Gasteiger partial charge in [0.2, 0.25) is 0 Å². The van der Waals surface area contributed by atoms with Crippen LogP contribution in [0.5, 0.6) is 0 Å². The first kappa shape index (κ1) is 15.5. The molecule has 110 valence electrons. The van der Waals surface area contributed by atoms with Crippen LogP contribution in [0, 0.1) is 19.7 Å². The van der Waals surface area contributed by atoms with Gasteiger partial charge in [0.05, 0.1) is 0 Å². The highest BCUT2D eigenvalue weighted by molar-refractivity contribution is 9.10. The molecule has 0 aliphatic heterocycles. The molecular weight excluding hydrogens is 337 g/mol. The average Bonchev–Trinajstić information content (AvgIpc) is 2.38. The van der Waals surface area contributed by atoms with Gasteiger partial charge in [0.15, 0.2) is 6.04 Å². The number of benzene rings is 2. The molecule has 0 saturated carbocycles. The topological polar surface area (TPSA) is 49.3 Å². The van der Waals surface area contributed by atoms with Crippen LogP contribution in [0.3, 0.4) is 0 Å². The molecule has 2 aromatic rings. The van der Waals surface area contributed by atoms with Gasteiger partial charge in [-0.2, -0.15) is 0 Å². The van der Waals surface area contributed by atoms with Crippen LogP contribution in [0.4, 0.5) is 10.1 Å². The Bertz CT molecular complexity index is 668. The van der Waals surface area contributed by atoms with E-state index in [1.807, 2.05) is 13.0 Å². The predicted octanol–water partition coefficient (Wildman–Crippen LogP) is 4.44. The molecule has 1 atom stereocenters. The Balaban J connectivity index is 2.35. The maximum absolute atomic E-state index is 13.4. The SMILES string of the molecule is Cc1cc(F)cc(NC(C(=O)O)c2ccc(C)c(Br)c2)c1. The summed E-state index contributed by atoms with van der Waals surface area (Å²) in [6.45, 7) is 3.68. The van der Waals surface area contributed by atoms with E-state index in [9.17, 15) is 14.3 Å². The van der Waals surface area contributed by atoms with Gasteiger partial charge in [0, 0.05) is 10.2 Å². The van der Waals surface area contributed by atoms with Crippen molar-refractivity contribution in [2.24, 2.45) is 0 Å². The van der Waals surface area contributed by atoms with E-state index in [1.165, 1.54) is 12.1 Å². The molecule has 0 aromatic heterocycles. The van der Waals surface area contributed by atoms with Crippen LogP contribution in [0.25, 0.3) is 0 Å². The number of aryl methyl sites for hydroxylation is 2. The van der Waals surface area contributed by atoms with E-state index in [0.29, 0.717) is 11.3 Å². The average molecular weight is 352 g/mol. The second kappa shape index (κ2) is 6.26. The lowest BCUT2D eigenvalue weighted by atomic mass is 10.0. The Hall–Kier alpha value is -1.88. The fourth-order valence-corrected chi connectivity index (χ4v) is 2.46. The Kier molecular flexibility index (Phi) is 4.63. The zero-order chi connectivity index (χ0) is 15.6. The van der Waals surface area contributed by atoms with Crippen LogP contribution < -0.4 is 5.32 Å². The third kappa shape index (κ3) is 3.82. The monoisotopic (exact) mass is 351 g/mol. The smallest absolute Gasteiger partial charge is 0.330 e. The molecule has 0 bridgehead atoms. The second-order valence-electron chi connectivity index (χ2n) is 4.94. The van der Waals surface area contributed by atoms with Crippen LogP contribution in [-0.2, 0) is 4.79 Å². The van der Waals surface area contributed by atoms with Crippen LogP contribution >= 0.6 is 15.9 Å². The first-order valence-corrected chi connectivity index (χ1v) is 7.18. The minimum absolute atomic E-state index is 0.397. The van der Waals surface area contributed by atoms with E-state index in [4.69, 9.17) is 0 Å². The standard InChI is InChI=1S/C16H15BrFNO2/c1-9-5-12(18)8-13(6-9)19-15(16(20)21)11-4-3-10(2)14(17)7-11/h3-8,15,19H,1-2H3,(H,20,21). The van der Waals surface area contributed by atoms with Gasteiger partial charge < -0.3 is 10.4 Å². The Morgan fingerprint density at radius 3 is 2.52 bits per heavy atom. The summed E-state index contributed by atoms with van der Waals surface area (Å²) in [5.41, 5.74) is 2.79. The number of nitrogens with one attached hydrogen (secondary N) is 1. The van der Waals surface area contributed by atoms with Gasteiger partial charge in [0.25, 0.3) is 0 Å². The number of hydrogen-bond acceptors (Lipinski definition) is 2. The first-order chi connectivity index (χ1) is 9.86. The number of halogens is 2. The maximum atomic E-state index is 13.4. The molecule has 1 unspecified atom stereocenters. The molecule has 2 rings (SSSR count). The third-order valence-corrected chi connectivity index (χ3v) is 3.98. The lowest BCUT2D eigenvalue weighted by Crippen LogP contribution is -2.20. The van der Waals surface area contributed by atoms with E-state index in [2.05, 4.69) is 21.2 Å². The first-order valence-electron chi connectivity index (χ1n) is 6.39. The van der Waals surface area contributed by atoms with Gasteiger partial charge in [-0.15, -0.1) is 0 Å². The summed E-state index contributed by atoms with van der Waals surface area (Å²) in [6, 6.07) is 8.79. The van der Waals surface area contributed by atoms with Crippen molar-refractivity contribution >= 4 is 27.6 Å². The summed E-state index contributed by atoms with van der Waals surface area (Å²) in [4.78, 5) is 11.5. The largest absolute Gasteiger partial charge is 0.479 e. The van der Waals surface area contributed by atoms with Crippen molar-refractivity contribution in [1.82, 2.24) is 0 Å². The zero-order valence-electron chi connectivity index (χ0n) is 11.7. The van der Waals surface area contributed by atoms with Crippen LogP contribution in [0.2, 0.25) is 0 Å². The number of aliphatic carboxylic acids is 1. The van der Waals surface area contributed by atoms with Gasteiger partial charge in [-0.3, -0.25) is 0 Å². The maximum Gasteiger partial charge on any atom is 0.330 e. The molecule has 0 saturated heterocycles. The van der Waals surface area contributed by atoms with Gasteiger partial charge >= 0.3 is 5.97 Å². The highest BCUT2D eigenvalue weighted by Gasteiger charge is 2.20. The Labute approximate surface area is 130 Å². The van der Waals surface area contributed by atoms with E-state index in [-0.39, 0.29) is 0 Å². The number of rotatable bonds is 4. The van der Waals surface area contributed by atoms with Gasteiger partial charge in [-0.1, -0.05) is 28.1 Å². The molecule has 2 aromatic carbocycles. The third-order valence-electron chi connectivity index (χ3n) is 3.13. The lowest BCUT2D eigenvalue weighted by Gasteiger charge is -2.17. The summed E-state index contributed by atoms with van der Waals surface area (Å²) in [5.74, 6) is -1.42. The molecule has 2 N–H and O–H groups in total. The minimum atomic E-state index is -1.02. The highest BCUT2D eigenvalue weighted by atomic mass is 79.9. The van der Waals surface area contributed by atoms with Crippen molar-refractivity contribution in [3.05, 3.63) is 63.4 Å². The molecule has 0 aliphatic rings. The van der Waals surface area contributed by atoms with Crippen LogP contribution in [-0.4, -0.2) is 11.1 Å². The van der Waals surface area contributed by atoms with E-state index in [0.717, 1.165) is 15.6 Å². The number of hydrogen-bond donors (Lipinski definition) is 2. The van der Waals surface area contributed by atoms with E-state index in [1.54, 1.807) is 25.1 Å². The van der Waals surface area contributed by atoms with Crippen molar-refractivity contribution in [2.45, 2.75) is 19.9 Å². The van der Waals surface area contributed by atoms with Gasteiger partial charge in [-0.25, -0.2) is 9.18 Å². The summed E-state index contributed by atoms with van der Waals surface area (Å²) in [7, 11) is 0. The molecule has 3 nitrogen and oxygen atoms in total. The second-order valence-corrected chi connectivity index (χ2v) is 5.80. The highest BCUT2D eigenvalue weighted by Crippen LogP contribution is 2.26. The molecule has 0 spiro atoms. The summed E-state index contributed by atoms with van der Waals surface area (Å²) < 4.78 is 14.2. The van der Waals surface area contributed by atoms with Gasteiger partial charge in [0.1, 0.15) is 5.82 Å². The molecule has 0 fully saturated rings. The zero-order valence-corrected chi connectivity index (χ0v) is 13.2. The molecule has 0 radical (unpaired) electrons. The summed E-state index contributed by atoms with van der Waals surface area (Å²) >= 11 is 3.39. The number of carboxylic acid groups (broad SMARTS) is 1. The number of carbonyl (C=O) groups is 1. The van der Waals surface area contributed by atoms with E-state index < -0.39 is 17.8 Å². The summed E-state index contributed by atoms with van der Waals surface area (Å²) in [6.07, 6.45) is 0. The van der Waals surface area contributed by atoms with Crippen molar-refractivity contribution in [3.63, 3.8) is 0 Å². The lowest BCUT2D eigenvalue weighted by molar-refractivity contribution is -0.138. The minimum Gasteiger partial charge on any atom is -0.479 e. The van der Waals surface area contributed by atoms with Crippen LogP contribution in [0.1, 0.15) is 22.7 Å².